The van der Waals surface area contributed by atoms with Crippen LogP contribution >= 0.6 is 11.6 Å². The number of anilines is 1. The van der Waals surface area contributed by atoms with Gasteiger partial charge in [-0.3, -0.25) is 9.78 Å². The van der Waals surface area contributed by atoms with Gasteiger partial charge in [-0.05, 0) is 18.2 Å². The van der Waals surface area contributed by atoms with Crippen LogP contribution in [0.15, 0.2) is 30.5 Å². The average molecular weight is 283 g/mol. The fourth-order valence-corrected chi connectivity index (χ4v) is 1.80. The molecule has 0 saturated carbocycles. The number of pyridine rings is 1. The van der Waals surface area contributed by atoms with Crippen molar-refractivity contribution < 1.29 is 13.6 Å². The largest absolute Gasteiger partial charge is 0.399 e. The van der Waals surface area contributed by atoms with Crippen molar-refractivity contribution in [1.29, 1.82) is 0 Å². The Hall–Kier alpha value is -2.01. The molecule has 0 bridgehead atoms. The van der Waals surface area contributed by atoms with Crippen molar-refractivity contribution >= 4 is 23.1 Å². The number of hydrogen-bond donors (Lipinski definition) is 1. The van der Waals surface area contributed by atoms with Crippen molar-refractivity contribution in [2.24, 2.45) is 0 Å². The van der Waals surface area contributed by atoms with Crippen LogP contribution in [0, 0.1) is 11.6 Å². The van der Waals surface area contributed by atoms with E-state index in [1.165, 1.54) is 12.1 Å². The Morgan fingerprint density at radius 3 is 2.74 bits per heavy atom. The van der Waals surface area contributed by atoms with Crippen LogP contribution < -0.4 is 5.73 Å². The molecule has 3 nitrogen and oxygen atoms in total. The van der Waals surface area contributed by atoms with Crippen molar-refractivity contribution in [1.82, 2.24) is 4.98 Å². The number of nitrogens with two attached hydrogens (primary N) is 1. The van der Waals surface area contributed by atoms with Gasteiger partial charge in [-0.2, -0.15) is 0 Å². The van der Waals surface area contributed by atoms with Gasteiger partial charge >= 0.3 is 0 Å². The smallest absolute Gasteiger partial charge is 0.170 e. The van der Waals surface area contributed by atoms with E-state index in [9.17, 15) is 13.6 Å². The van der Waals surface area contributed by atoms with Gasteiger partial charge in [0, 0.05) is 17.3 Å². The fourth-order valence-electron chi connectivity index (χ4n) is 1.58. The van der Waals surface area contributed by atoms with Crippen LogP contribution in [0.3, 0.4) is 0 Å². The monoisotopic (exact) mass is 282 g/mol. The van der Waals surface area contributed by atoms with E-state index >= 15 is 0 Å². The van der Waals surface area contributed by atoms with Gasteiger partial charge in [0.05, 0.1) is 23.3 Å². The highest BCUT2D eigenvalue weighted by molar-refractivity contribution is 6.34. The summed E-state index contributed by atoms with van der Waals surface area (Å²) in [5, 5.41) is 0.224. The first-order valence-corrected chi connectivity index (χ1v) is 5.73. The van der Waals surface area contributed by atoms with Crippen molar-refractivity contribution in [3.05, 3.63) is 58.4 Å². The number of aromatic nitrogens is 1. The lowest BCUT2D eigenvalue weighted by Crippen LogP contribution is -2.08. The van der Waals surface area contributed by atoms with Crippen LogP contribution in [0.25, 0.3) is 0 Å². The topological polar surface area (TPSA) is 56.0 Å². The van der Waals surface area contributed by atoms with E-state index in [0.717, 1.165) is 6.20 Å². The van der Waals surface area contributed by atoms with Crippen molar-refractivity contribution in [2.75, 3.05) is 5.73 Å². The summed E-state index contributed by atoms with van der Waals surface area (Å²) >= 11 is 5.87. The Morgan fingerprint density at radius 2 is 2.05 bits per heavy atom. The summed E-state index contributed by atoms with van der Waals surface area (Å²) in [6.07, 6.45) is 0.544. The van der Waals surface area contributed by atoms with E-state index in [2.05, 4.69) is 4.98 Å². The van der Waals surface area contributed by atoms with Gasteiger partial charge in [-0.1, -0.05) is 11.6 Å². The van der Waals surface area contributed by atoms with Gasteiger partial charge < -0.3 is 5.73 Å². The average Bonchev–Trinajstić information content (AvgIpc) is 2.35. The predicted molar refractivity (Wildman–Crippen MR) is 68.1 cm³/mol. The second-order valence-corrected chi connectivity index (χ2v) is 4.33. The molecule has 0 atom stereocenters. The summed E-state index contributed by atoms with van der Waals surface area (Å²) < 4.78 is 26.1. The highest BCUT2D eigenvalue weighted by atomic mass is 35.5. The third-order valence-electron chi connectivity index (χ3n) is 2.50. The third-order valence-corrected chi connectivity index (χ3v) is 2.83. The molecule has 6 heteroatoms. The minimum absolute atomic E-state index is 0.134. The molecule has 0 amide bonds. The van der Waals surface area contributed by atoms with Crippen molar-refractivity contribution in [2.45, 2.75) is 6.42 Å². The Bertz CT molecular complexity index is 647. The van der Waals surface area contributed by atoms with Gasteiger partial charge in [0.15, 0.2) is 5.78 Å². The summed E-state index contributed by atoms with van der Waals surface area (Å²) in [5.74, 6) is -2.10. The van der Waals surface area contributed by atoms with Crippen LogP contribution in [0.4, 0.5) is 14.5 Å². The number of Topliss-reactive ketones (excluding diaryl/α,β-unsaturated/α-hetero) is 1. The van der Waals surface area contributed by atoms with Gasteiger partial charge in [0.25, 0.3) is 0 Å². The lowest BCUT2D eigenvalue weighted by molar-refractivity contribution is 0.0990. The molecule has 2 rings (SSSR count). The van der Waals surface area contributed by atoms with Gasteiger partial charge in [0.1, 0.15) is 11.6 Å². The van der Waals surface area contributed by atoms with E-state index in [-0.39, 0.29) is 22.7 Å². The Kier molecular flexibility index (Phi) is 3.76. The standard InChI is InChI=1S/C13H9ClF2N2O/c14-10-2-1-8(17)4-9(10)13(19)5-12-11(16)3-7(15)6-18-12/h1-4,6H,5,17H2. The van der Waals surface area contributed by atoms with E-state index in [0.29, 0.717) is 11.8 Å². The van der Waals surface area contributed by atoms with Crippen LogP contribution in [0.2, 0.25) is 5.02 Å². The Labute approximate surface area is 113 Å². The molecule has 0 fully saturated rings. The zero-order valence-corrected chi connectivity index (χ0v) is 10.4. The summed E-state index contributed by atoms with van der Waals surface area (Å²) in [4.78, 5) is 15.5. The lowest BCUT2D eigenvalue weighted by atomic mass is 10.1. The van der Waals surface area contributed by atoms with Gasteiger partial charge in [0.2, 0.25) is 0 Å². The van der Waals surface area contributed by atoms with Crippen LogP contribution in [-0.4, -0.2) is 10.8 Å². The molecule has 0 aliphatic heterocycles. The maximum Gasteiger partial charge on any atom is 0.170 e. The minimum atomic E-state index is -0.867. The number of nitrogen functional groups attached to an aromatic ring is 1. The maximum absolute atomic E-state index is 13.4. The van der Waals surface area contributed by atoms with Crippen molar-refractivity contribution in [3.8, 4) is 0 Å². The molecular weight excluding hydrogens is 274 g/mol. The van der Waals surface area contributed by atoms with Crippen molar-refractivity contribution in [3.63, 3.8) is 0 Å². The molecule has 98 valence electrons. The van der Waals surface area contributed by atoms with E-state index < -0.39 is 17.4 Å². The highest BCUT2D eigenvalue weighted by Gasteiger charge is 2.15. The van der Waals surface area contributed by atoms with Gasteiger partial charge in [-0.25, -0.2) is 8.78 Å². The molecule has 0 aliphatic carbocycles. The number of rotatable bonds is 3. The molecule has 0 aliphatic rings. The third kappa shape index (κ3) is 3.06. The van der Waals surface area contributed by atoms with Crippen LogP contribution in [0.5, 0.6) is 0 Å². The molecule has 1 aromatic heterocycles. The lowest BCUT2D eigenvalue weighted by Gasteiger charge is -2.05. The summed E-state index contributed by atoms with van der Waals surface area (Å²) in [6.45, 7) is 0. The number of halogens is 3. The van der Waals surface area contributed by atoms with Crippen LogP contribution in [0.1, 0.15) is 16.1 Å². The van der Waals surface area contributed by atoms with Crippen LogP contribution in [-0.2, 0) is 6.42 Å². The summed E-state index contributed by atoms with van der Waals surface area (Å²) in [6, 6.07) is 5.12. The molecule has 0 spiro atoms. The second kappa shape index (κ2) is 5.32. The predicted octanol–water partition coefficient (Wildman–Crippen LogP) is 3.02. The number of nitrogens with zero attached hydrogens (tertiary/aromatic N) is 1. The molecule has 2 aromatic rings. The number of benzene rings is 1. The zero-order valence-electron chi connectivity index (χ0n) is 9.66. The van der Waals surface area contributed by atoms with E-state index in [1.807, 2.05) is 0 Å². The number of ketones is 1. The molecule has 1 heterocycles. The van der Waals surface area contributed by atoms with Gasteiger partial charge in [-0.15, -0.1) is 0 Å². The molecule has 19 heavy (non-hydrogen) atoms. The molecule has 0 saturated heterocycles. The number of carbonyl (C=O) groups is 1. The highest BCUT2D eigenvalue weighted by Crippen LogP contribution is 2.21. The first-order valence-electron chi connectivity index (χ1n) is 5.35. The molecule has 2 N–H and O–H groups in total. The number of hydrogen-bond acceptors (Lipinski definition) is 3. The summed E-state index contributed by atoms with van der Waals surface area (Å²) in [5.41, 5.74) is 5.99. The van der Waals surface area contributed by atoms with E-state index in [1.54, 1.807) is 6.07 Å². The first-order chi connectivity index (χ1) is 8.97. The first kappa shape index (κ1) is 13.4. The molecule has 1 aromatic carbocycles. The van der Waals surface area contributed by atoms with E-state index in [4.69, 9.17) is 17.3 Å². The molecule has 0 unspecified atom stereocenters. The Morgan fingerprint density at radius 1 is 1.32 bits per heavy atom. The SMILES string of the molecule is Nc1ccc(Cl)c(C(=O)Cc2ncc(F)cc2F)c1. The Balaban J connectivity index is 2.28. The summed E-state index contributed by atoms with van der Waals surface area (Å²) in [7, 11) is 0. The quantitative estimate of drug-likeness (QED) is 0.695. The molecular formula is C13H9ClF2N2O. The molecule has 0 radical (unpaired) electrons. The number of carbonyl (C=O) groups excluding carboxylic acids is 1. The fraction of sp³-hybridized carbons (Fsp3) is 0.0769. The second-order valence-electron chi connectivity index (χ2n) is 3.92. The maximum atomic E-state index is 13.4. The normalized spacial score (nSPS) is 10.5. The minimum Gasteiger partial charge on any atom is -0.399 e. The zero-order chi connectivity index (χ0) is 14.0.